The molecule has 2 aromatic rings. The highest BCUT2D eigenvalue weighted by molar-refractivity contribution is 6.76. The monoisotopic (exact) mass is 672 g/mol. The summed E-state index contributed by atoms with van der Waals surface area (Å²) in [6, 6.07) is 13.1. The second-order valence-corrected chi connectivity index (χ2v) is 19.1. The number of carbonyl (C=O) groups excluding carboxylic acids is 2. The molecular weight excluding hydrogens is 620 g/mol. The molecule has 2 unspecified atom stereocenters. The molecule has 47 heavy (non-hydrogen) atoms. The minimum Gasteiger partial charge on any atom is -0.497 e. The number of ether oxygens (including phenoxy) is 7. The number of esters is 2. The fraction of sp³-hybridized carbons (Fsp3) is 0.556. The van der Waals surface area contributed by atoms with E-state index in [1.165, 1.54) is 7.11 Å². The number of aliphatic hydroxyl groups is 1. The molecule has 2 aromatic carbocycles. The summed E-state index contributed by atoms with van der Waals surface area (Å²) < 4.78 is 40.8. The first-order chi connectivity index (χ1) is 22.2. The van der Waals surface area contributed by atoms with Gasteiger partial charge in [-0.1, -0.05) is 43.9 Å². The molecule has 10 nitrogen and oxygen atoms in total. The first-order valence-corrected chi connectivity index (χ1v) is 19.9. The van der Waals surface area contributed by atoms with Crippen molar-refractivity contribution in [3.63, 3.8) is 0 Å². The Balaban J connectivity index is 1.84. The van der Waals surface area contributed by atoms with Gasteiger partial charge in [0.15, 0.2) is 12.6 Å². The predicted octanol–water partition coefficient (Wildman–Crippen LogP) is 6.57. The number of rotatable bonds is 18. The fourth-order valence-electron chi connectivity index (χ4n) is 5.20. The maximum atomic E-state index is 13.5. The number of methoxy groups -OCH3 is 2. The lowest BCUT2D eigenvalue weighted by atomic mass is 9.96. The van der Waals surface area contributed by atoms with E-state index < -0.39 is 50.2 Å². The molecule has 1 fully saturated rings. The lowest BCUT2D eigenvalue weighted by molar-refractivity contribution is -0.153. The summed E-state index contributed by atoms with van der Waals surface area (Å²) in [5, 5.41) is 9.83. The van der Waals surface area contributed by atoms with E-state index in [2.05, 4.69) is 19.6 Å². The molecular formula is C36H52O10Si. The zero-order valence-corrected chi connectivity index (χ0v) is 30.1. The lowest BCUT2D eigenvalue weighted by Gasteiger charge is -2.25. The third-order valence-electron chi connectivity index (χ3n) is 7.55. The van der Waals surface area contributed by atoms with E-state index in [1.54, 1.807) is 56.5 Å². The largest absolute Gasteiger partial charge is 0.497 e. The van der Waals surface area contributed by atoms with Crippen molar-refractivity contribution >= 4 is 20.0 Å². The lowest BCUT2D eigenvalue weighted by Crippen LogP contribution is -2.37. The maximum absolute atomic E-state index is 13.5. The van der Waals surface area contributed by atoms with Crippen LogP contribution >= 0.6 is 0 Å². The quantitative estimate of drug-likeness (QED) is 0.0806. The summed E-state index contributed by atoms with van der Waals surface area (Å²) >= 11 is 0. The van der Waals surface area contributed by atoms with Crippen LogP contribution in [-0.2, 0) is 30.1 Å². The van der Waals surface area contributed by atoms with Crippen LogP contribution in [0.2, 0.25) is 25.7 Å². The molecule has 3 rings (SSSR count). The van der Waals surface area contributed by atoms with E-state index in [-0.39, 0.29) is 6.79 Å². The Morgan fingerprint density at radius 2 is 1.79 bits per heavy atom. The molecule has 0 amide bonds. The Bertz CT molecular complexity index is 1320. The topological polar surface area (TPSA) is 119 Å². The fourth-order valence-corrected chi connectivity index (χ4v) is 5.91. The van der Waals surface area contributed by atoms with Gasteiger partial charge in [-0.05, 0) is 82.3 Å². The third-order valence-corrected chi connectivity index (χ3v) is 9.25. The van der Waals surface area contributed by atoms with Crippen LogP contribution in [0.1, 0.15) is 66.3 Å². The van der Waals surface area contributed by atoms with Crippen molar-refractivity contribution in [2.75, 3.05) is 27.6 Å². The molecule has 1 heterocycles. The molecule has 1 N–H and O–H groups in total. The van der Waals surface area contributed by atoms with Gasteiger partial charge in [0, 0.05) is 21.3 Å². The Morgan fingerprint density at radius 1 is 1.06 bits per heavy atom. The van der Waals surface area contributed by atoms with E-state index in [9.17, 15) is 14.7 Å². The highest BCUT2D eigenvalue weighted by Crippen LogP contribution is 2.36. The number of aryl methyl sites for hydroxylation is 1. The van der Waals surface area contributed by atoms with Crippen molar-refractivity contribution in [2.45, 2.75) is 102 Å². The number of benzene rings is 2. The van der Waals surface area contributed by atoms with E-state index in [0.717, 1.165) is 6.04 Å². The smallest absolute Gasteiger partial charge is 0.342 e. The second kappa shape index (κ2) is 17.8. The van der Waals surface area contributed by atoms with Gasteiger partial charge in [-0.2, -0.15) is 0 Å². The molecule has 0 radical (unpaired) electrons. The molecule has 0 bridgehead atoms. The predicted molar refractivity (Wildman–Crippen MR) is 182 cm³/mol. The van der Waals surface area contributed by atoms with Crippen LogP contribution in [-0.4, -0.2) is 82.9 Å². The molecule has 0 aromatic heterocycles. The van der Waals surface area contributed by atoms with Crippen LogP contribution in [0.5, 0.6) is 11.5 Å². The van der Waals surface area contributed by atoms with Crippen molar-refractivity contribution in [3.05, 3.63) is 71.3 Å². The van der Waals surface area contributed by atoms with Gasteiger partial charge in [-0.15, -0.1) is 0 Å². The average molecular weight is 673 g/mol. The van der Waals surface area contributed by atoms with E-state index >= 15 is 0 Å². The van der Waals surface area contributed by atoms with Crippen LogP contribution in [0.4, 0.5) is 0 Å². The van der Waals surface area contributed by atoms with Crippen LogP contribution in [0, 0.1) is 0 Å². The number of carbonyl (C=O) groups is 2. The highest BCUT2D eigenvalue weighted by Gasteiger charge is 2.45. The summed E-state index contributed by atoms with van der Waals surface area (Å²) in [6.45, 7) is 12.3. The molecule has 1 aliphatic rings. The van der Waals surface area contributed by atoms with E-state index in [0.29, 0.717) is 60.5 Å². The van der Waals surface area contributed by atoms with Gasteiger partial charge in [-0.25, -0.2) is 9.59 Å². The standard InChI is InChI=1S/C36H52O10Si/c1-25(37)14-12-18-29(44-34(38)26-15-10-9-11-16-26)33-30(45-36(2,3)46-33)19-13-17-27-22-28(41-5)23-31(43-24-40-4)32(27)35(39)42-20-21-47(6,7)8/h9-12,15-16,18,22-23,25,29-30,33,37H,13-14,17,19-21,24H2,1-8H3/b18-12-/t25-,29?,30-,33?/m0/s1. The van der Waals surface area contributed by atoms with Gasteiger partial charge in [0.25, 0.3) is 0 Å². The van der Waals surface area contributed by atoms with E-state index in [4.69, 9.17) is 33.2 Å². The Kier molecular flexibility index (Phi) is 14.5. The van der Waals surface area contributed by atoms with E-state index in [1.807, 2.05) is 26.0 Å². The van der Waals surface area contributed by atoms with Gasteiger partial charge in [0.05, 0.1) is 31.5 Å². The molecule has 0 spiro atoms. The van der Waals surface area contributed by atoms with Gasteiger partial charge in [0.2, 0.25) is 0 Å². The minimum absolute atomic E-state index is 0.0442. The Morgan fingerprint density at radius 3 is 2.43 bits per heavy atom. The maximum Gasteiger partial charge on any atom is 0.342 e. The zero-order valence-electron chi connectivity index (χ0n) is 29.1. The summed E-state index contributed by atoms with van der Waals surface area (Å²) in [5.74, 6) is -0.993. The first kappa shape index (κ1) is 38.2. The Hall–Kier alpha value is -3.22. The van der Waals surface area contributed by atoms with Gasteiger partial charge >= 0.3 is 11.9 Å². The van der Waals surface area contributed by atoms with Crippen LogP contribution in [0.15, 0.2) is 54.6 Å². The van der Waals surface area contributed by atoms with Crippen LogP contribution in [0.25, 0.3) is 0 Å². The molecule has 1 saturated heterocycles. The van der Waals surface area contributed by atoms with Crippen molar-refractivity contribution in [1.82, 2.24) is 0 Å². The summed E-state index contributed by atoms with van der Waals surface area (Å²) in [5.41, 5.74) is 1.48. The molecule has 0 aliphatic carbocycles. The summed E-state index contributed by atoms with van der Waals surface area (Å²) in [6.07, 6.45) is 3.19. The van der Waals surface area contributed by atoms with Crippen molar-refractivity contribution < 1.29 is 47.9 Å². The average Bonchev–Trinajstić information content (AvgIpc) is 3.32. The van der Waals surface area contributed by atoms with Crippen LogP contribution < -0.4 is 9.47 Å². The first-order valence-electron chi connectivity index (χ1n) is 16.2. The van der Waals surface area contributed by atoms with Gasteiger partial charge < -0.3 is 38.3 Å². The molecule has 1 aliphatic heterocycles. The third kappa shape index (κ3) is 12.4. The van der Waals surface area contributed by atoms with Crippen LogP contribution in [0.3, 0.4) is 0 Å². The second-order valence-electron chi connectivity index (χ2n) is 13.4. The number of hydrogen-bond donors (Lipinski definition) is 1. The van der Waals surface area contributed by atoms with Crippen molar-refractivity contribution in [1.29, 1.82) is 0 Å². The van der Waals surface area contributed by atoms with Gasteiger partial charge in [0.1, 0.15) is 29.3 Å². The number of aliphatic hydroxyl groups excluding tert-OH is 1. The molecule has 11 heteroatoms. The molecule has 4 atom stereocenters. The normalized spacial score (nSPS) is 18.9. The zero-order chi connectivity index (χ0) is 34.6. The Labute approximate surface area is 280 Å². The van der Waals surface area contributed by atoms with Gasteiger partial charge in [-0.3, -0.25) is 0 Å². The summed E-state index contributed by atoms with van der Waals surface area (Å²) in [4.78, 5) is 26.6. The number of hydrogen-bond acceptors (Lipinski definition) is 10. The van der Waals surface area contributed by atoms with Crippen molar-refractivity contribution in [3.8, 4) is 11.5 Å². The summed E-state index contributed by atoms with van der Waals surface area (Å²) in [7, 11) is 1.65. The SMILES string of the molecule is COCOc1cc(OC)cc(CCC[C@@H]2OC(C)(C)OC2C(/C=C\C[C@H](C)O)OC(=O)c2ccccc2)c1C(=O)OCC[Si](C)(C)C. The molecule has 0 saturated carbocycles. The molecule has 260 valence electrons. The highest BCUT2D eigenvalue weighted by atomic mass is 28.3. The van der Waals surface area contributed by atoms with Crippen molar-refractivity contribution in [2.24, 2.45) is 0 Å². The minimum atomic E-state index is -1.42.